The van der Waals surface area contributed by atoms with Gasteiger partial charge < -0.3 is 10.2 Å². The van der Waals surface area contributed by atoms with Gasteiger partial charge in [0.1, 0.15) is 5.54 Å². The highest BCUT2D eigenvalue weighted by Crippen LogP contribution is 2.52. The molecule has 1 aromatic carbocycles. The molecule has 2 aliphatic carbocycles. The van der Waals surface area contributed by atoms with Crippen LogP contribution in [0.2, 0.25) is 5.02 Å². The lowest BCUT2D eigenvalue weighted by atomic mass is 9.81. The summed E-state index contributed by atoms with van der Waals surface area (Å²) >= 11 is 6.00. The molecular weight excluding hydrogens is 360 g/mol. The number of benzene rings is 1. The number of hydrogen-bond donors (Lipinski definition) is 1. The average Bonchev–Trinajstić information content (AvgIpc) is 3.48. The van der Waals surface area contributed by atoms with Crippen LogP contribution in [0.3, 0.4) is 0 Å². The normalized spacial score (nSPS) is 27.0. The van der Waals surface area contributed by atoms with Gasteiger partial charge in [0, 0.05) is 18.1 Å². The molecular formula is C22H29ClN2O2. The molecule has 5 heteroatoms. The fraction of sp³-hybridized carbons (Fsp3) is 0.636. The van der Waals surface area contributed by atoms with Crippen molar-refractivity contribution < 1.29 is 9.59 Å². The first-order valence-corrected chi connectivity index (χ1v) is 10.7. The maximum Gasteiger partial charge on any atom is 0.245 e. The summed E-state index contributed by atoms with van der Waals surface area (Å²) in [4.78, 5) is 28.1. The minimum atomic E-state index is -0.701. The third kappa shape index (κ3) is 3.37. The van der Waals surface area contributed by atoms with Gasteiger partial charge in [-0.25, -0.2) is 0 Å². The summed E-state index contributed by atoms with van der Waals surface area (Å²) in [6.07, 6.45) is 8.72. The van der Waals surface area contributed by atoms with Crippen molar-refractivity contribution >= 4 is 23.4 Å². The van der Waals surface area contributed by atoms with Crippen LogP contribution < -0.4 is 5.32 Å². The molecule has 3 aliphatic rings. The van der Waals surface area contributed by atoms with E-state index in [1.54, 1.807) is 0 Å². The number of rotatable bonds is 5. The first kappa shape index (κ1) is 18.8. The zero-order chi connectivity index (χ0) is 19.1. The number of carbonyl (C=O) groups is 2. The fourth-order valence-electron chi connectivity index (χ4n) is 4.72. The van der Waals surface area contributed by atoms with Gasteiger partial charge in [-0.1, -0.05) is 43.0 Å². The van der Waals surface area contributed by atoms with Crippen molar-refractivity contribution in [2.24, 2.45) is 5.92 Å². The summed E-state index contributed by atoms with van der Waals surface area (Å²) in [5.41, 5.74) is -0.127. The highest BCUT2D eigenvalue weighted by atomic mass is 35.5. The topological polar surface area (TPSA) is 49.4 Å². The van der Waals surface area contributed by atoms with Gasteiger partial charge in [-0.2, -0.15) is 0 Å². The van der Waals surface area contributed by atoms with Crippen LogP contribution in [0.4, 0.5) is 0 Å². The van der Waals surface area contributed by atoms with Crippen molar-refractivity contribution in [2.45, 2.75) is 69.2 Å². The van der Waals surface area contributed by atoms with E-state index < -0.39 is 11.0 Å². The van der Waals surface area contributed by atoms with Crippen molar-refractivity contribution in [3.63, 3.8) is 0 Å². The van der Waals surface area contributed by atoms with Gasteiger partial charge in [0.15, 0.2) is 0 Å². The van der Waals surface area contributed by atoms with Gasteiger partial charge >= 0.3 is 0 Å². The molecule has 2 amide bonds. The Hall–Kier alpha value is -1.55. The number of carbonyl (C=O) groups excluding carboxylic acids is 2. The highest BCUT2D eigenvalue weighted by Gasteiger charge is 2.59. The number of hydrogen-bond acceptors (Lipinski definition) is 2. The molecule has 1 N–H and O–H groups in total. The molecule has 1 saturated heterocycles. The molecule has 2 saturated carbocycles. The van der Waals surface area contributed by atoms with Gasteiger partial charge in [0.25, 0.3) is 0 Å². The van der Waals surface area contributed by atoms with Crippen LogP contribution in [0, 0.1) is 5.92 Å². The molecule has 0 spiro atoms. The number of halogens is 1. The van der Waals surface area contributed by atoms with Gasteiger partial charge in [0.2, 0.25) is 11.8 Å². The first-order valence-electron chi connectivity index (χ1n) is 10.3. The van der Waals surface area contributed by atoms with Crippen molar-refractivity contribution in [3.05, 3.63) is 34.9 Å². The zero-order valence-electron chi connectivity index (χ0n) is 16.1. The van der Waals surface area contributed by atoms with E-state index in [0.717, 1.165) is 31.4 Å². The van der Waals surface area contributed by atoms with Crippen LogP contribution in [0.5, 0.6) is 0 Å². The standard InChI is InChI=1S/C22H29ClN2O2/c1-21(19(26)24-15-16-5-3-2-4-6-16)13-14-25(21)20(27)22(11-12-22)17-7-9-18(23)10-8-17/h7-10,16H,2-6,11-15H2,1H3,(H,24,26). The van der Waals surface area contributed by atoms with Crippen molar-refractivity contribution in [2.75, 3.05) is 13.1 Å². The summed E-state index contributed by atoms with van der Waals surface area (Å²) < 4.78 is 0. The second-order valence-corrected chi connectivity index (χ2v) is 9.22. The second kappa shape index (κ2) is 7.12. The number of amides is 2. The van der Waals surface area contributed by atoms with E-state index in [0.29, 0.717) is 17.5 Å². The molecule has 1 aliphatic heterocycles. The number of nitrogens with one attached hydrogen (secondary N) is 1. The minimum absolute atomic E-state index is 0.0135. The van der Waals surface area contributed by atoms with Crippen LogP contribution >= 0.6 is 11.6 Å². The molecule has 0 bridgehead atoms. The summed E-state index contributed by atoms with van der Waals surface area (Å²) in [6, 6.07) is 7.59. The predicted molar refractivity (Wildman–Crippen MR) is 107 cm³/mol. The van der Waals surface area contributed by atoms with Crippen LogP contribution in [0.25, 0.3) is 0 Å². The van der Waals surface area contributed by atoms with Gasteiger partial charge in [-0.05, 0) is 62.6 Å². The quantitative estimate of drug-likeness (QED) is 0.826. The molecule has 4 rings (SSSR count). The Labute approximate surface area is 166 Å². The summed E-state index contributed by atoms with van der Waals surface area (Å²) in [5, 5.41) is 3.83. The van der Waals surface area contributed by atoms with Gasteiger partial charge in [0.05, 0.1) is 5.41 Å². The van der Waals surface area contributed by atoms with E-state index in [4.69, 9.17) is 11.6 Å². The van der Waals surface area contributed by atoms with Crippen LogP contribution in [-0.4, -0.2) is 35.3 Å². The Morgan fingerprint density at radius 1 is 1.11 bits per heavy atom. The molecule has 1 aromatic rings. The first-order chi connectivity index (χ1) is 13.0. The zero-order valence-corrected chi connectivity index (χ0v) is 16.9. The lowest BCUT2D eigenvalue weighted by molar-refractivity contribution is -0.159. The van der Waals surface area contributed by atoms with E-state index in [9.17, 15) is 9.59 Å². The molecule has 3 fully saturated rings. The Morgan fingerprint density at radius 2 is 1.78 bits per heavy atom. The summed E-state index contributed by atoms with van der Waals surface area (Å²) in [5.74, 6) is 0.713. The Morgan fingerprint density at radius 3 is 2.33 bits per heavy atom. The molecule has 1 unspecified atom stereocenters. The lowest BCUT2D eigenvalue weighted by Gasteiger charge is -2.50. The van der Waals surface area contributed by atoms with Crippen molar-refractivity contribution in [3.8, 4) is 0 Å². The number of likely N-dealkylation sites (tertiary alicyclic amines) is 1. The Bertz CT molecular complexity index is 722. The predicted octanol–water partition coefficient (Wildman–Crippen LogP) is 4.06. The van der Waals surface area contributed by atoms with Crippen molar-refractivity contribution in [1.29, 1.82) is 0 Å². The number of nitrogens with zero attached hydrogens (tertiary/aromatic N) is 1. The molecule has 1 atom stereocenters. The van der Waals surface area contributed by atoms with E-state index in [2.05, 4.69) is 5.32 Å². The minimum Gasteiger partial charge on any atom is -0.354 e. The lowest BCUT2D eigenvalue weighted by Crippen LogP contribution is -2.69. The van der Waals surface area contributed by atoms with E-state index in [-0.39, 0.29) is 11.8 Å². The van der Waals surface area contributed by atoms with E-state index >= 15 is 0 Å². The van der Waals surface area contributed by atoms with Gasteiger partial charge in [-0.3, -0.25) is 9.59 Å². The maximum atomic E-state index is 13.3. The molecule has 0 aromatic heterocycles. The van der Waals surface area contributed by atoms with Gasteiger partial charge in [-0.15, -0.1) is 0 Å². The Balaban J connectivity index is 1.42. The monoisotopic (exact) mass is 388 g/mol. The summed E-state index contributed by atoms with van der Waals surface area (Å²) in [7, 11) is 0. The SMILES string of the molecule is CC1(C(=O)NCC2CCCCC2)CCN1C(=O)C1(c2ccc(Cl)cc2)CC1. The third-order valence-electron chi connectivity index (χ3n) is 6.98. The summed E-state index contributed by atoms with van der Waals surface area (Å²) in [6.45, 7) is 3.34. The molecule has 0 radical (unpaired) electrons. The van der Waals surface area contributed by atoms with Crippen molar-refractivity contribution in [1.82, 2.24) is 10.2 Å². The largest absolute Gasteiger partial charge is 0.354 e. The molecule has 1 heterocycles. The van der Waals surface area contributed by atoms with Crippen LogP contribution in [0.15, 0.2) is 24.3 Å². The second-order valence-electron chi connectivity index (χ2n) is 8.78. The third-order valence-corrected chi connectivity index (χ3v) is 7.24. The van der Waals surface area contributed by atoms with E-state index in [1.165, 1.54) is 32.1 Å². The average molecular weight is 389 g/mol. The fourth-order valence-corrected chi connectivity index (χ4v) is 4.84. The Kier molecular flexibility index (Phi) is 4.96. The molecule has 27 heavy (non-hydrogen) atoms. The van der Waals surface area contributed by atoms with Crippen LogP contribution in [0.1, 0.15) is 63.9 Å². The maximum absolute atomic E-state index is 13.3. The smallest absolute Gasteiger partial charge is 0.245 e. The highest BCUT2D eigenvalue weighted by molar-refractivity contribution is 6.30. The van der Waals surface area contributed by atoms with E-state index in [1.807, 2.05) is 36.1 Å². The van der Waals surface area contributed by atoms with Crippen LogP contribution in [-0.2, 0) is 15.0 Å². The molecule has 4 nitrogen and oxygen atoms in total. The molecule has 146 valence electrons.